The smallest absolute Gasteiger partial charge is 0.238 e. The molecular formula is C60H43N5O. The van der Waals surface area contributed by atoms with E-state index >= 15 is 0 Å². The summed E-state index contributed by atoms with van der Waals surface area (Å²) in [5.74, 6) is 1.71. The second-order valence-electron chi connectivity index (χ2n) is 17.9. The van der Waals surface area contributed by atoms with E-state index < -0.39 is 0 Å². The van der Waals surface area contributed by atoms with Gasteiger partial charge < -0.3 is 8.98 Å². The van der Waals surface area contributed by atoms with Gasteiger partial charge in [-0.1, -0.05) is 153 Å². The van der Waals surface area contributed by atoms with Gasteiger partial charge in [-0.15, -0.1) is 0 Å². The normalized spacial score (nSPS) is 14.1. The van der Waals surface area contributed by atoms with Crippen LogP contribution in [0.2, 0.25) is 0 Å². The van der Waals surface area contributed by atoms with Gasteiger partial charge in [0.1, 0.15) is 11.2 Å². The lowest BCUT2D eigenvalue weighted by molar-refractivity contribution is 0.654. The van der Waals surface area contributed by atoms with Crippen LogP contribution in [0.5, 0.6) is 0 Å². The van der Waals surface area contributed by atoms with E-state index in [4.69, 9.17) is 19.4 Å². The van der Waals surface area contributed by atoms with Crippen molar-refractivity contribution in [2.75, 3.05) is 4.90 Å². The zero-order valence-corrected chi connectivity index (χ0v) is 36.6. The Morgan fingerprint density at radius 2 is 1.15 bits per heavy atom. The van der Waals surface area contributed by atoms with Crippen LogP contribution in [-0.4, -0.2) is 19.5 Å². The Morgan fingerprint density at radius 3 is 1.98 bits per heavy atom. The molecule has 2 aliphatic carbocycles. The third-order valence-corrected chi connectivity index (χ3v) is 13.7. The van der Waals surface area contributed by atoms with E-state index in [1.807, 2.05) is 24.3 Å². The van der Waals surface area contributed by atoms with E-state index in [1.54, 1.807) is 0 Å². The molecule has 66 heavy (non-hydrogen) atoms. The Morgan fingerprint density at radius 1 is 0.515 bits per heavy atom. The number of hydrogen-bond acceptors (Lipinski definition) is 5. The summed E-state index contributed by atoms with van der Waals surface area (Å²) in [6, 6.07) is 66.2. The van der Waals surface area contributed by atoms with Crippen LogP contribution in [0.25, 0.3) is 88.9 Å². The second-order valence-corrected chi connectivity index (χ2v) is 17.9. The molecule has 0 fully saturated rings. The molecule has 0 bridgehead atoms. The van der Waals surface area contributed by atoms with Crippen molar-refractivity contribution in [3.63, 3.8) is 0 Å². The van der Waals surface area contributed by atoms with E-state index in [1.165, 1.54) is 27.7 Å². The van der Waals surface area contributed by atoms with E-state index in [9.17, 15) is 0 Å². The van der Waals surface area contributed by atoms with Crippen LogP contribution < -0.4 is 4.90 Å². The van der Waals surface area contributed by atoms with Gasteiger partial charge >= 0.3 is 0 Å². The van der Waals surface area contributed by atoms with Gasteiger partial charge in [-0.25, -0.2) is 4.98 Å². The topological polar surface area (TPSA) is 60.0 Å². The van der Waals surface area contributed by atoms with Crippen LogP contribution in [0, 0.1) is 0 Å². The molecule has 6 nitrogen and oxygen atoms in total. The Hall–Kier alpha value is -8.35. The van der Waals surface area contributed by atoms with E-state index in [0.29, 0.717) is 17.6 Å². The monoisotopic (exact) mass is 849 g/mol. The number of furan rings is 1. The fourth-order valence-corrected chi connectivity index (χ4v) is 10.6. The Balaban J connectivity index is 1.09. The lowest BCUT2D eigenvalue weighted by Gasteiger charge is -2.25. The zero-order chi connectivity index (χ0) is 43.9. The molecule has 0 unspecified atom stereocenters. The summed E-state index contributed by atoms with van der Waals surface area (Å²) in [6.07, 6.45) is 6.89. The molecule has 8 aromatic carbocycles. The largest absolute Gasteiger partial charge is 0.456 e. The summed E-state index contributed by atoms with van der Waals surface area (Å²) in [7, 11) is 0. The highest BCUT2D eigenvalue weighted by atomic mass is 16.3. The number of benzene rings is 8. The Kier molecular flexibility index (Phi) is 8.59. The number of nitrogens with zero attached hydrogens (tertiary/aromatic N) is 5. The first-order valence-electron chi connectivity index (χ1n) is 22.8. The molecule has 6 heteroatoms. The van der Waals surface area contributed by atoms with Gasteiger partial charge in [0.2, 0.25) is 5.95 Å². The summed E-state index contributed by atoms with van der Waals surface area (Å²) in [5, 5.41) is 4.29. The molecule has 11 aromatic rings. The first kappa shape index (κ1) is 38.1. The molecule has 2 aliphatic rings. The highest BCUT2D eigenvalue weighted by molar-refractivity contribution is 6.12. The van der Waals surface area contributed by atoms with Crippen LogP contribution in [0.15, 0.2) is 210 Å². The Bertz CT molecular complexity index is 3780. The highest BCUT2D eigenvalue weighted by Crippen LogP contribution is 2.54. The predicted octanol–water partition coefficient (Wildman–Crippen LogP) is 15.7. The maximum Gasteiger partial charge on any atom is 0.238 e. The first-order chi connectivity index (χ1) is 32.5. The molecular weight excluding hydrogens is 807 g/mol. The lowest BCUT2D eigenvalue weighted by atomic mass is 9.80. The maximum absolute atomic E-state index is 6.45. The van der Waals surface area contributed by atoms with Gasteiger partial charge in [0, 0.05) is 55.1 Å². The third kappa shape index (κ3) is 5.91. The molecule has 0 N–H and O–H groups in total. The van der Waals surface area contributed by atoms with Crippen molar-refractivity contribution in [2.24, 2.45) is 0 Å². The molecule has 0 spiro atoms. The van der Waals surface area contributed by atoms with Crippen LogP contribution >= 0.6 is 0 Å². The van der Waals surface area contributed by atoms with Gasteiger partial charge in [0.05, 0.1) is 11.0 Å². The molecule has 3 aromatic heterocycles. The van der Waals surface area contributed by atoms with Crippen molar-refractivity contribution in [2.45, 2.75) is 32.1 Å². The van der Waals surface area contributed by atoms with Crippen molar-refractivity contribution < 1.29 is 4.42 Å². The SMILES string of the molecule is CC1(C)C2=CCCC=C2c2c(-c3nc(-c4cccc5oc6ccccc6c45)nc(N(c4ccc(-c5ccccc5)cc4)c4ccc5c(c4)c4ccccc4n5-c4ccccc4)n3)cccc21. The summed E-state index contributed by atoms with van der Waals surface area (Å²) >= 11 is 0. The number of rotatable bonds is 7. The molecule has 0 amide bonds. The number of hydrogen-bond donors (Lipinski definition) is 0. The molecule has 3 heterocycles. The van der Waals surface area contributed by atoms with E-state index in [-0.39, 0.29) is 5.41 Å². The number of aromatic nitrogens is 4. The van der Waals surface area contributed by atoms with Gasteiger partial charge in [0.15, 0.2) is 11.6 Å². The van der Waals surface area contributed by atoms with Crippen molar-refractivity contribution in [3.05, 3.63) is 217 Å². The van der Waals surface area contributed by atoms with Crippen LogP contribution in [0.1, 0.15) is 37.8 Å². The summed E-state index contributed by atoms with van der Waals surface area (Å²) in [5.41, 5.74) is 16.0. The minimum Gasteiger partial charge on any atom is -0.456 e. The molecule has 0 atom stereocenters. The third-order valence-electron chi connectivity index (χ3n) is 13.7. The predicted molar refractivity (Wildman–Crippen MR) is 271 cm³/mol. The quantitative estimate of drug-likeness (QED) is 0.160. The number of allylic oxidation sites excluding steroid dienone is 4. The van der Waals surface area contributed by atoms with Gasteiger partial charge in [-0.05, 0) is 107 Å². The van der Waals surface area contributed by atoms with Crippen molar-refractivity contribution in [1.29, 1.82) is 0 Å². The van der Waals surface area contributed by atoms with Crippen molar-refractivity contribution >= 4 is 66.6 Å². The van der Waals surface area contributed by atoms with E-state index in [2.05, 4.69) is 199 Å². The van der Waals surface area contributed by atoms with E-state index in [0.717, 1.165) is 90.5 Å². The van der Waals surface area contributed by atoms with Crippen LogP contribution in [0.4, 0.5) is 17.3 Å². The minimum absolute atomic E-state index is 0.154. The molecule has 314 valence electrons. The molecule has 13 rings (SSSR count). The van der Waals surface area contributed by atoms with Crippen molar-refractivity contribution in [1.82, 2.24) is 19.5 Å². The first-order valence-corrected chi connectivity index (χ1v) is 22.8. The Labute approximate surface area is 382 Å². The van der Waals surface area contributed by atoms with Gasteiger partial charge in [-0.3, -0.25) is 4.90 Å². The summed E-state index contributed by atoms with van der Waals surface area (Å²) in [6.45, 7) is 4.68. The van der Waals surface area contributed by atoms with Gasteiger partial charge in [-0.2, -0.15) is 9.97 Å². The van der Waals surface area contributed by atoms with Crippen LogP contribution in [0.3, 0.4) is 0 Å². The summed E-state index contributed by atoms with van der Waals surface area (Å²) in [4.78, 5) is 18.8. The fraction of sp³-hybridized carbons (Fsp3) is 0.0833. The average Bonchev–Trinajstić information content (AvgIpc) is 4.00. The standard InChI is InChI=1S/C60H43N5O/c1-60(2)49-26-12-9-22-44(49)55-46(24-15-27-50(55)60)57-61-58(47-25-16-30-54-56(47)45-23-11-14-29-53(45)66-54)63-59(62-57)64(41-33-31-39(32-34-41)38-17-5-3-6-18-38)42-35-36-52-48(37-42)43-21-10-13-28-51(43)65(52)40-19-7-4-8-20-40/h3-8,10-11,13-37H,9,12H2,1-2H3. The molecule has 0 saturated heterocycles. The highest BCUT2D eigenvalue weighted by Gasteiger charge is 2.40. The molecule has 0 saturated carbocycles. The molecule has 0 aliphatic heterocycles. The van der Waals surface area contributed by atoms with Crippen LogP contribution in [-0.2, 0) is 5.41 Å². The maximum atomic E-state index is 6.45. The number of anilines is 3. The fourth-order valence-electron chi connectivity index (χ4n) is 10.6. The number of fused-ring (bicyclic) bond motifs is 9. The second kappa shape index (κ2) is 14.9. The zero-order valence-electron chi connectivity index (χ0n) is 36.6. The van der Waals surface area contributed by atoms with Gasteiger partial charge in [0.25, 0.3) is 0 Å². The minimum atomic E-state index is -0.154. The molecule has 0 radical (unpaired) electrons. The summed E-state index contributed by atoms with van der Waals surface area (Å²) < 4.78 is 8.80. The average molecular weight is 850 g/mol. The lowest BCUT2D eigenvalue weighted by Crippen LogP contribution is -2.16. The number of para-hydroxylation sites is 3. The van der Waals surface area contributed by atoms with Crippen molar-refractivity contribution in [3.8, 4) is 39.6 Å².